The number of carbonyl (C=O) groups excluding carboxylic acids is 2. The van der Waals surface area contributed by atoms with Gasteiger partial charge in [0, 0.05) is 12.8 Å². The van der Waals surface area contributed by atoms with Crippen molar-refractivity contribution in [1.29, 1.82) is 0 Å². The van der Waals surface area contributed by atoms with Crippen molar-refractivity contribution in [3.63, 3.8) is 0 Å². The van der Waals surface area contributed by atoms with E-state index in [1.54, 1.807) is 0 Å². The molecule has 52 heavy (non-hydrogen) atoms. The van der Waals surface area contributed by atoms with Crippen LogP contribution in [0, 0.1) is 0 Å². The van der Waals surface area contributed by atoms with Crippen LogP contribution in [0.15, 0.2) is 109 Å². The fraction of sp³-hybridized carbons (Fsp3) is 0.533. The Morgan fingerprint density at radius 1 is 0.577 bits per heavy atom. The molecule has 290 valence electrons. The predicted octanol–water partition coefficient (Wildman–Crippen LogP) is 10.9. The summed E-state index contributed by atoms with van der Waals surface area (Å²) in [7, 11) is 0. The molecule has 0 rings (SSSR count). The summed E-state index contributed by atoms with van der Waals surface area (Å²) in [6, 6.07) is -0.922. The second-order valence-electron chi connectivity index (χ2n) is 12.6. The van der Waals surface area contributed by atoms with Gasteiger partial charge in [-0.3, -0.25) is 9.59 Å². The van der Waals surface area contributed by atoms with E-state index in [2.05, 4.69) is 116 Å². The van der Waals surface area contributed by atoms with Gasteiger partial charge >= 0.3 is 11.9 Å². The van der Waals surface area contributed by atoms with E-state index in [9.17, 15) is 19.5 Å². The van der Waals surface area contributed by atoms with Gasteiger partial charge in [0.05, 0.1) is 0 Å². The van der Waals surface area contributed by atoms with Crippen LogP contribution in [0.2, 0.25) is 0 Å². The number of carbonyl (C=O) groups is 3. The summed E-state index contributed by atoms with van der Waals surface area (Å²) in [5.41, 5.74) is 5.49. The maximum atomic E-state index is 12.7. The Balaban J connectivity index is 4.69. The largest absolute Gasteiger partial charge is 0.480 e. The minimum absolute atomic E-state index is 0.210. The van der Waals surface area contributed by atoms with E-state index in [1.165, 1.54) is 0 Å². The number of nitrogens with one attached hydrogen (secondary N) is 1. The van der Waals surface area contributed by atoms with Crippen molar-refractivity contribution in [2.75, 3.05) is 6.54 Å². The monoisotopic (exact) mass is 719 g/mol. The highest BCUT2D eigenvalue weighted by Gasteiger charge is 2.19. The number of rotatable bonds is 33. The standard InChI is InChI=1S/C45H70N2O5/c1-3-5-7-9-11-13-15-17-19-21-23-25-27-29-31-39-44(49)52-41(36-32-33-38-43(48)47-42(45(50)51)37-34-40-46)35-30-28-26-24-22-20-18-16-14-12-10-8-6-4-2/h5-8,11-14,17-20,23-26,30,35,41-42H,3-4,9-10,15-16,21-22,27-29,31-34,36-40,46H2,1-2H3,(H,47,48)(H,50,51)/b7-5-,8-6-,13-11-,14-12-,19-17-,20-18-,25-23-,26-24-,35-30-. The molecule has 0 aliphatic carbocycles. The Hall–Kier alpha value is -3.97. The Bertz CT molecular complexity index is 1170. The molecule has 0 aromatic carbocycles. The molecule has 0 saturated carbocycles. The third-order valence-corrected chi connectivity index (χ3v) is 7.82. The minimum atomic E-state index is -1.05. The molecule has 1 amide bonds. The van der Waals surface area contributed by atoms with Gasteiger partial charge in [-0.05, 0) is 122 Å². The van der Waals surface area contributed by atoms with Crippen molar-refractivity contribution in [2.45, 2.75) is 148 Å². The normalized spacial score (nSPS) is 13.9. The molecule has 0 aromatic heterocycles. The molecular weight excluding hydrogens is 649 g/mol. The fourth-order valence-corrected chi connectivity index (χ4v) is 4.91. The van der Waals surface area contributed by atoms with Crippen LogP contribution in [0.3, 0.4) is 0 Å². The van der Waals surface area contributed by atoms with Gasteiger partial charge in [0.1, 0.15) is 12.1 Å². The van der Waals surface area contributed by atoms with Crippen LogP contribution >= 0.6 is 0 Å². The molecule has 0 aromatic rings. The minimum Gasteiger partial charge on any atom is -0.480 e. The molecule has 7 heteroatoms. The summed E-state index contributed by atoms with van der Waals surface area (Å²) in [6.45, 7) is 4.65. The zero-order valence-electron chi connectivity index (χ0n) is 32.3. The van der Waals surface area contributed by atoms with Crippen LogP contribution < -0.4 is 11.1 Å². The molecule has 0 spiro atoms. The molecule has 2 atom stereocenters. The molecule has 0 bridgehead atoms. The first-order valence-corrected chi connectivity index (χ1v) is 19.7. The number of esters is 1. The fourth-order valence-electron chi connectivity index (χ4n) is 4.91. The van der Waals surface area contributed by atoms with Crippen LogP contribution in [0.5, 0.6) is 0 Å². The molecule has 7 nitrogen and oxygen atoms in total. The first-order chi connectivity index (χ1) is 25.4. The molecule has 0 fully saturated rings. The van der Waals surface area contributed by atoms with Crippen molar-refractivity contribution in [3.05, 3.63) is 109 Å². The lowest BCUT2D eigenvalue weighted by Gasteiger charge is -2.16. The average molecular weight is 719 g/mol. The zero-order valence-corrected chi connectivity index (χ0v) is 32.3. The SMILES string of the molecule is CC/C=C\C/C=C\C/C=C\C/C=C\C/C=C\C(CCCCC(=O)NC(CCCN)C(=O)O)OC(=O)CCCC/C=C\C/C=C\C/C=C\C/C=C\CC. The highest BCUT2D eigenvalue weighted by Crippen LogP contribution is 2.13. The number of unbranched alkanes of at least 4 members (excludes halogenated alkanes) is 3. The molecule has 4 N–H and O–H groups in total. The summed E-state index contributed by atoms with van der Waals surface area (Å²) in [5, 5.41) is 11.9. The molecular formula is C45H70N2O5. The maximum absolute atomic E-state index is 12.7. The van der Waals surface area contributed by atoms with Crippen molar-refractivity contribution in [1.82, 2.24) is 5.32 Å². The third kappa shape index (κ3) is 34.5. The van der Waals surface area contributed by atoms with Gasteiger partial charge in [-0.2, -0.15) is 0 Å². The van der Waals surface area contributed by atoms with Crippen LogP contribution in [-0.2, 0) is 19.1 Å². The number of hydrogen-bond donors (Lipinski definition) is 3. The Labute approximate surface area is 316 Å². The number of carboxylic acid groups (broad SMARTS) is 1. The Kier molecular flexibility index (Phi) is 35.3. The summed E-state index contributed by atoms with van der Waals surface area (Å²) in [5.74, 6) is -1.55. The third-order valence-electron chi connectivity index (χ3n) is 7.82. The van der Waals surface area contributed by atoms with E-state index in [0.29, 0.717) is 45.1 Å². The average Bonchev–Trinajstić information content (AvgIpc) is 3.13. The summed E-state index contributed by atoms with van der Waals surface area (Å²) >= 11 is 0. The summed E-state index contributed by atoms with van der Waals surface area (Å²) in [4.78, 5) is 36.5. The van der Waals surface area contributed by atoms with Crippen LogP contribution in [0.1, 0.15) is 136 Å². The molecule has 0 heterocycles. The van der Waals surface area contributed by atoms with Gasteiger partial charge in [-0.15, -0.1) is 0 Å². The number of allylic oxidation sites excluding steroid dienone is 17. The highest BCUT2D eigenvalue weighted by atomic mass is 16.5. The maximum Gasteiger partial charge on any atom is 0.326 e. The topological polar surface area (TPSA) is 119 Å². The van der Waals surface area contributed by atoms with Gasteiger partial charge in [0.15, 0.2) is 0 Å². The molecule has 0 radical (unpaired) electrons. The van der Waals surface area contributed by atoms with Gasteiger partial charge in [0.25, 0.3) is 0 Å². The number of ether oxygens (including phenoxy) is 1. The quantitative estimate of drug-likeness (QED) is 0.0353. The number of hydrogen-bond acceptors (Lipinski definition) is 5. The van der Waals surface area contributed by atoms with E-state index in [1.807, 2.05) is 12.2 Å². The smallest absolute Gasteiger partial charge is 0.326 e. The Morgan fingerprint density at radius 2 is 1.04 bits per heavy atom. The molecule has 0 aliphatic heterocycles. The van der Waals surface area contributed by atoms with E-state index >= 15 is 0 Å². The summed E-state index contributed by atoms with van der Waals surface area (Å²) in [6.07, 6.45) is 52.8. The van der Waals surface area contributed by atoms with Gasteiger partial charge < -0.3 is 20.9 Å². The first kappa shape index (κ1) is 48.0. The van der Waals surface area contributed by atoms with Crippen molar-refractivity contribution in [2.24, 2.45) is 5.73 Å². The van der Waals surface area contributed by atoms with Gasteiger partial charge in [0.2, 0.25) is 5.91 Å². The number of nitrogens with two attached hydrogens (primary N) is 1. The number of carboxylic acids is 1. The predicted molar refractivity (Wildman–Crippen MR) is 220 cm³/mol. The van der Waals surface area contributed by atoms with Crippen LogP contribution in [0.25, 0.3) is 0 Å². The lowest BCUT2D eigenvalue weighted by molar-refractivity contribution is -0.147. The molecule has 0 aliphatic rings. The number of aliphatic carboxylic acids is 1. The van der Waals surface area contributed by atoms with E-state index in [-0.39, 0.29) is 24.4 Å². The van der Waals surface area contributed by atoms with Crippen molar-refractivity contribution in [3.8, 4) is 0 Å². The number of amides is 1. The van der Waals surface area contributed by atoms with Crippen LogP contribution in [-0.4, -0.2) is 41.6 Å². The molecule has 2 unspecified atom stereocenters. The van der Waals surface area contributed by atoms with E-state index in [4.69, 9.17) is 10.5 Å². The lowest BCUT2D eigenvalue weighted by Crippen LogP contribution is -2.40. The van der Waals surface area contributed by atoms with Crippen LogP contribution in [0.4, 0.5) is 0 Å². The van der Waals surface area contributed by atoms with Crippen molar-refractivity contribution >= 4 is 17.8 Å². The van der Waals surface area contributed by atoms with Gasteiger partial charge in [-0.25, -0.2) is 4.79 Å². The Morgan fingerprint density at radius 3 is 1.52 bits per heavy atom. The van der Waals surface area contributed by atoms with Crippen molar-refractivity contribution < 1.29 is 24.2 Å². The second kappa shape index (κ2) is 38.3. The zero-order chi connectivity index (χ0) is 38.2. The first-order valence-electron chi connectivity index (χ1n) is 19.7. The summed E-state index contributed by atoms with van der Waals surface area (Å²) < 4.78 is 5.83. The van der Waals surface area contributed by atoms with Gasteiger partial charge in [-0.1, -0.05) is 117 Å². The highest BCUT2D eigenvalue weighted by molar-refractivity contribution is 5.83. The second-order valence-corrected chi connectivity index (χ2v) is 12.6. The lowest BCUT2D eigenvalue weighted by atomic mass is 10.1. The van der Waals surface area contributed by atoms with E-state index < -0.39 is 12.0 Å². The molecule has 0 saturated heterocycles. The van der Waals surface area contributed by atoms with E-state index in [0.717, 1.165) is 77.0 Å².